The van der Waals surface area contributed by atoms with Crippen LogP contribution in [0.15, 0.2) is 47.2 Å². The molecule has 45 heavy (non-hydrogen) atoms. The summed E-state index contributed by atoms with van der Waals surface area (Å²) < 4.78 is 0. The standard InChI is InChI=1S/C33H37N3O9/c1-35(2)21-14-17(7-5-6-15-8-10-16(11-9-15)32(43)44)26(37)23-19(21)12-18-13-20-25(36(3)4)28(39)24(31(34)42)30(41)33(20,45)29(40)22(18)27(23)38/h8-11,14,18,20,25,37-38,41,45H,5-7,12-13H2,1-4H3,(H2,34,42)(H,43,44)/t18-,20-,25+,33-/m0/s1. The van der Waals surface area contributed by atoms with Crippen LogP contribution < -0.4 is 10.6 Å². The van der Waals surface area contributed by atoms with Gasteiger partial charge in [-0.1, -0.05) is 12.1 Å². The number of carboxylic acids is 1. The van der Waals surface area contributed by atoms with Crippen LogP contribution in [0.3, 0.4) is 0 Å². The molecule has 0 unspecified atom stereocenters. The largest absolute Gasteiger partial charge is 0.508 e. The summed E-state index contributed by atoms with van der Waals surface area (Å²) in [6.45, 7) is 0. The predicted octanol–water partition coefficient (Wildman–Crippen LogP) is 1.90. The first-order valence-corrected chi connectivity index (χ1v) is 14.6. The van der Waals surface area contributed by atoms with E-state index in [2.05, 4.69) is 0 Å². The van der Waals surface area contributed by atoms with Gasteiger partial charge in [-0.15, -0.1) is 0 Å². The molecule has 1 fully saturated rings. The molecule has 1 amide bonds. The number of carbonyl (C=O) groups excluding carboxylic acids is 3. The molecule has 0 aliphatic heterocycles. The lowest BCUT2D eigenvalue weighted by molar-refractivity contribution is -0.153. The van der Waals surface area contributed by atoms with Gasteiger partial charge in [0.15, 0.2) is 11.4 Å². The number of anilines is 1. The number of aryl methyl sites for hydroxylation is 2. The van der Waals surface area contributed by atoms with Crippen LogP contribution in [-0.4, -0.2) is 93.7 Å². The van der Waals surface area contributed by atoms with Gasteiger partial charge in [0.2, 0.25) is 5.78 Å². The van der Waals surface area contributed by atoms with Crippen LogP contribution in [0.1, 0.15) is 45.5 Å². The van der Waals surface area contributed by atoms with Crippen LogP contribution in [0.5, 0.6) is 5.75 Å². The molecule has 4 atom stereocenters. The highest BCUT2D eigenvalue weighted by atomic mass is 16.4. The minimum absolute atomic E-state index is 0.0157. The maximum Gasteiger partial charge on any atom is 0.335 e. The van der Waals surface area contributed by atoms with Gasteiger partial charge in [0.1, 0.15) is 22.8 Å². The zero-order chi connectivity index (χ0) is 33.1. The lowest BCUT2D eigenvalue weighted by atomic mass is 9.57. The fourth-order valence-corrected chi connectivity index (χ4v) is 7.23. The Morgan fingerprint density at radius 3 is 2.22 bits per heavy atom. The molecule has 0 saturated heterocycles. The Balaban J connectivity index is 1.57. The fraction of sp³-hybridized carbons (Fsp3) is 0.394. The van der Waals surface area contributed by atoms with Gasteiger partial charge in [0, 0.05) is 31.3 Å². The Morgan fingerprint density at radius 2 is 1.67 bits per heavy atom. The summed E-state index contributed by atoms with van der Waals surface area (Å²) in [6, 6.07) is 7.21. The molecule has 3 aliphatic carbocycles. The number of carbonyl (C=O) groups is 4. The molecule has 0 heterocycles. The van der Waals surface area contributed by atoms with E-state index in [1.54, 1.807) is 26.2 Å². The summed E-state index contributed by atoms with van der Waals surface area (Å²) in [6.07, 6.45) is 1.79. The van der Waals surface area contributed by atoms with E-state index in [-0.39, 0.29) is 35.3 Å². The smallest absolute Gasteiger partial charge is 0.335 e. The maximum absolute atomic E-state index is 14.1. The number of primary amides is 1. The number of Topliss-reactive ketones (excluding diaryl/α,β-unsaturated/α-hetero) is 2. The molecule has 5 rings (SSSR count). The van der Waals surface area contributed by atoms with Crippen LogP contribution >= 0.6 is 0 Å². The zero-order valence-corrected chi connectivity index (χ0v) is 25.5. The number of aromatic carboxylic acids is 1. The van der Waals surface area contributed by atoms with Gasteiger partial charge in [0.25, 0.3) is 5.91 Å². The molecule has 0 bridgehead atoms. The van der Waals surface area contributed by atoms with Crippen LogP contribution in [0.25, 0.3) is 5.76 Å². The summed E-state index contributed by atoms with van der Waals surface area (Å²) in [5.41, 5.74) is 4.62. The van der Waals surface area contributed by atoms with Gasteiger partial charge in [-0.25, -0.2) is 4.79 Å². The van der Waals surface area contributed by atoms with Gasteiger partial charge < -0.3 is 36.2 Å². The average Bonchev–Trinajstić information content (AvgIpc) is 2.95. The monoisotopic (exact) mass is 619 g/mol. The molecule has 1 saturated carbocycles. The number of amides is 1. The van der Waals surface area contributed by atoms with Crippen molar-refractivity contribution in [2.45, 2.75) is 43.7 Å². The summed E-state index contributed by atoms with van der Waals surface area (Å²) in [4.78, 5) is 54.1. The highest BCUT2D eigenvalue weighted by Gasteiger charge is 2.64. The van der Waals surface area contributed by atoms with E-state index in [0.717, 1.165) is 5.56 Å². The number of nitrogens with two attached hydrogens (primary N) is 1. The number of fused-ring (bicyclic) bond motifs is 3. The number of phenolic OH excluding ortho intramolecular Hbond substituents is 1. The number of rotatable bonds is 8. The normalized spacial score (nSPS) is 24.4. The molecular weight excluding hydrogens is 582 g/mol. The Kier molecular flexibility index (Phi) is 8.01. The van der Waals surface area contributed by atoms with Gasteiger partial charge in [-0.2, -0.15) is 0 Å². The average molecular weight is 620 g/mol. The van der Waals surface area contributed by atoms with Crippen molar-refractivity contribution in [3.05, 3.63) is 75.1 Å². The lowest BCUT2D eigenvalue weighted by Crippen LogP contribution is -2.65. The molecule has 12 nitrogen and oxygen atoms in total. The number of aliphatic hydroxyl groups is 3. The lowest BCUT2D eigenvalue weighted by Gasteiger charge is -2.50. The highest BCUT2D eigenvalue weighted by molar-refractivity contribution is 6.24. The van der Waals surface area contributed by atoms with Crippen LogP contribution in [-0.2, 0) is 33.6 Å². The Labute approximate surface area is 259 Å². The van der Waals surface area contributed by atoms with Crippen molar-refractivity contribution in [1.82, 2.24) is 4.90 Å². The van der Waals surface area contributed by atoms with Crippen molar-refractivity contribution in [2.24, 2.45) is 17.6 Å². The first kappa shape index (κ1) is 31.7. The third kappa shape index (κ3) is 4.94. The third-order valence-electron chi connectivity index (χ3n) is 9.37. The predicted molar refractivity (Wildman–Crippen MR) is 164 cm³/mol. The van der Waals surface area contributed by atoms with Crippen molar-refractivity contribution >= 4 is 34.9 Å². The minimum Gasteiger partial charge on any atom is -0.508 e. The summed E-state index contributed by atoms with van der Waals surface area (Å²) in [5.74, 6) is -7.82. The van der Waals surface area contributed by atoms with E-state index in [9.17, 15) is 39.6 Å². The van der Waals surface area contributed by atoms with Gasteiger partial charge >= 0.3 is 5.97 Å². The second-order valence-corrected chi connectivity index (χ2v) is 12.5. The SMILES string of the molecule is CN(C)c1cc(CCCc2ccc(C(=O)O)cc2)c(O)c2c1C[C@H]1C[C@H]3[C@@H](N(C)C)C(=O)C(C(N)=O)=C(O)[C@@]3(O)C(=O)C1=C2O. The van der Waals surface area contributed by atoms with Crippen molar-refractivity contribution < 1.29 is 44.7 Å². The third-order valence-corrected chi connectivity index (χ3v) is 9.37. The van der Waals surface area contributed by atoms with E-state index >= 15 is 0 Å². The van der Waals surface area contributed by atoms with E-state index < -0.39 is 64.0 Å². The fourth-order valence-electron chi connectivity index (χ4n) is 7.23. The number of carboxylic acid groups (broad SMARTS) is 1. The summed E-state index contributed by atoms with van der Waals surface area (Å²) >= 11 is 0. The molecule has 3 aliphatic rings. The van der Waals surface area contributed by atoms with Crippen molar-refractivity contribution in [3.63, 3.8) is 0 Å². The maximum atomic E-state index is 14.1. The first-order chi connectivity index (χ1) is 21.1. The number of nitrogens with zero attached hydrogens (tertiary/aromatic N) is 2. The second-order valence-electron chi connectivity index (χ2n) is 12.5. The molecule has 2 aromatic carbocycles. The number of benzene rings is 2. The van der Waals surface area contributed by atoms with Crippen LogP contribution in [0.4, 0.5) is 5.69 Å². The Bertz CT molecular complexity index is 1690. The molecule has 12 heteroatoms. The number of hydrogen-bond donors (Lipinski definition) is 6. The number of aliphatic hydroxyl groups excluding tert-OH is 2. The van der Waals surface area contributed by atoms with E-state index in [1.165, 1.54) is 17.0 Å². The Morgan fingerprint density at radius 1 is 1.02 bits per heavy atom. The topological polar surface area (TPSA) is 202 Å². The summed E-state index contributed by atoms with van der Waals surface area (Å²) in [5, 5.41) is 55.1. The zero-order valence-electron chi connectivity index (χ0n) is 25.5. The van der Waals surface area contributed by atoms with E-state index in [4.69, 9.17) is 10.8 Å². The van der Waals surface area contributed by atoms with Crippen molar-refractivity contribution in [1.29, 1.82) is 0 Å². The molecule has 0 radical (unpaired) electrons. The van der Waals surface area contributed by atoms with Crippen LogP contribution in [0.2, 0.25) is 0 Å². The van der Waals surface area contributed by atoms with Crippen molar-refractivity contribution in [3.8, 4) is 5.75 Å². The highest BCUT2D eigenvalue weighted by Crippen LogP contribution is 2.54. The van der Waals surface area contributed by atoms with Crippen LogP contribution in [0, 0.1) is 11.8 Å². The first-order valence-electron chi connectivity index (χ1n) is 14.6. The number of likely N-dealkylation sites (N-methyl/N-ethyl adjacent to an activating group) is 1. The van der Waals surface area contributed by atoms with Gasteiger partial charge in [-0.05, 0) is 87.0 Å². The molecule has 238 valence electrons. The minimum atomic E-state index is -2.70. The molecule has 2 aromatic rings. The van der Waals surface area contributed by atoms with E-state index in [0.29, 0.717) is 36.1 Å². The molecular formula is C33H37N3O9. The van der Waals surface area contributed by atoms with Gasteiger partial charge in [0.05, 0.1) is 17.2 Å². The number of phenols is 1. The number of aromatic hydroxyl groups is 1. The van der Waals surface area contributed by atoms with Crippen molar-refractivity contribution in [2.75, 3.05) is 33.1 Å². The number of hydrogen-bond acceptors (Lipinski definition) is 10. The quantitative estimate of drug-likeness (QED) is 0.236. The molecule has 0 spiro atoms. The molecule has 0 aromatic heterocycles. The number of ketones is 2. The molecule has 7 N–H and O–H groups in total. The van der Waals surface area contributed by atoms with Gasteiger partial charge in [-0.3, -0.25) is 19.3 Å². The Hall–Kier alpha value is -4.68. The summed E-state index contributed by atoms with van der Waals surface area (Å²) in [7, 11) is 6.75. The second kappa shape index (κ2) is 11.4. The van der Waals surface area contributed by atoms with E-state index in [1.807, 2.05) is 25.1 Å².